The van der Waals surface area contributed by atoms with Gasteiger partial charge in [-0.25, -0.2) is 0 Å². The second-order valence-electron chi connectivity index (χ2n) is 4.31. The Morgan fingerprint density at radius 1 is 1.44 bits per heavy atom. The van der Waals surface area contributed by atoms with Crippen molar-refractivity contribution >= 4 is 27.5 Å². The second-order valence-corrected chi connectivity index (χ2v) is 5.23. The zero-order chi connectivity index (χ0) is 11.1. The van der Waals surface area contributed by atoms with E-state index in [1.807, 2.05) is 0 Å². The van der Waals surface area contributed by atoms with Crippen LogP contribution in [0.4, 0.5) is 5.69 Å². The summed E-state index contributed by atoms with van der Waals surface area (Å²) in [5.74, 6) is 0.174. The van der Waals surface area contributed by atoms with E-state index in [0.29, 0.717) is 0 Å². The summed E-state index contributed by atoms with van der Waals surface area (Å²) in [7, 11) is 0. The smallest absolute Gasteiger partial charge is 0.242 e. The number of carbonyl (C=O) groups is 1. The molecule has 0 bridgehead atoms. The van der Waals surface area contributed by atoms with E-state index < -0.39 is 0 Å². The van der Waals surface area contributed by atoms with Gasteiger partial charge in [0.15, 0.2) is 0 Å². The van der Waals surface area contributed by atoms with Crippen molar-refractivity contribution in [3.63, 3.8) is 0 Å². The number of halogens is 1. The van der Waals surface area contributed by atoms with Crippen molar-refractivity contribution in [1.82, 2.24) is 5.32 Å². The van der Waals surface area contributed by atoms with Crippen LogP contribution in [0.5, 0.6) is 0 Å². The molecule has 4 heteroatoms. The van der Waals surface area contributed by atoms with Gasteiger partial charge in [-0.1, -0.05) is 22.0 Å². The quantitative estimate of drug-likeness (QED) is 0.849. The van der Waals surface area contributed by atoms with E-state index in [1.165, 1.54) is 11.3 Å². The largest absolute Gasteiger partial charge is 0.359 e. The summed E-state index contributed by atoms with van der Waals surface area (Å²) in [6.07, 6.45) is 1.97. The molecule has 0 radical (unpaired) electrons. The Morgan fingerprint density at radius 3 is 3.06 bits per heavy atom. The minimum atomic E-state index is 0.0375. The number of amides is 1. The van der Waals surface area contributed by atoms with Gasteiger partial charge in [0.2, 0.25) is 5.91 Å². The summed E-state index contributed by atoms with van der Waals surface area (Å²) in [6.45, 7) is 1.77. The lowest BCUT2D eigenvalue weighted by molar-refractivity contribution is -0.120. The van der Waals surface area contributed by atoms with Gasteiger partial charge in [-0.2, -0.15) is 0 Å². The maximum absolute atomic E-state index is 11.7. The van der Waals surface area contributed by atoms with Gasteiger partial charge in [-0.15, -0.1) is 0 Å². The molecule has 1 saturated heterocycles. The van der Waals surface area contributed by atoms with Gasteiger partial charge in [-0.05, 0) is 30.5 Å². The molecule has 84 valence electrons. The monoisotopic (exact) mass is 280 g/mol. The lowest BCUT2D eigenvalue weighted by Gasteiger charge is -2.24. The summed E-state index contributed by atoms with van der Waals surface area (Å²) in [5, 5.41) is 2.90. The zero-order valence-corrected chi connectivity index (χ0v) is 10.5. The Hall–Kier alpha value is -1.03. The summed E-state index contributed by atoms with van der Waals surface area (Å²) in [4.78, 5) is 13.9. The molecular weight excluding hydrogens is 268 g/mol. The minimum Gasteiger partial charge on any atom is -0.359 e. The highest BCUT2D eigenvalue weighted by Gasteiger charge is 2.33. The van der Waals surface area contributed by atoms with Gasteiger partial charge < -0.3 is 10.2 Å². The Balaban J connectivity index is 1.96. The maximum atomic E-state index is 11.7. The Bertz CT molecular complexity index is 447. The van der Waals surface area contributed by atoms with Gasteiger partial charge in [0.25, 0.3) is 0 Å². The van der Waals surface area contributed by atoms with E-state index in [0.717, 1.165) is 30.4 Å². The van der Waals surface area contributed by atoms with Crippen molar-refractivity contribution < 1.29 is 4.79 Å². The van der Waals surface area contributed by atoms with E-state index >= 15 is 0 Å². The van der Waals surface area contributed by atoms with Gasteiger partial charge in [0, 0.05) is 23.2 Å². The van der Waals surface area contributed by atoms with Gasteiger partial charge in [0.05, 0.1) is 0 Å². The topological polar surface area (TPSA) is 32.3 Å². The van der Waals surface area contributed by atoms with Crippen LogP contribution in [0.2, 0.25) is 0 Å². The summed E-state index contributed by atoms with van der Waals surface area (Å²) in [6, 6.07) is 6.37. The van der Waals surface area contributed by atoms with Gasteiger partial charge >= 0.3 is 0 Å². The molecule has 3 rings (SSSR count). The highest BCUT2D eigenvalue weighted by Crippen LogP contribution is 2.33. The van der Waals surface area contributed by atoms with Gasteiger partial charge in [0.1, 0.15) is 6.04 Å². The molecule has 1 aromatic rings. The molecule has 1 aromatic carbocycles. The molecule has 0 aliphatic carbocycles. The van der Waals surface area contributed by atoms with E-state index in [-0.39, 0.29) is 11.9 Å². The fraction of sp³-hybridized carbons (Fsp3) is 0.417. The van der Waals surface area contributed by atoms with Crippen LogP contribution in [0.1, 0.15) is 12.0 Å². The predicted octanol–water partition coefficient (Wildman–Crippen LogP) is 1.70. The Morgan fingerprint density at radius 2 is 2.31 bits per heavy atom. The van der Waals surface area contributed by atoms with E-state index in [4.69, 9.17) is 0 Å². The normalized spacial score (nSPS) is 23.4. The average Bonchev–Trinajstić information content (AvgIpc) is 2.83. The molecule has 2 heterocycles. The van der Waals surface area contributed by atoms with E-state index in [9.17, 15) is 4.79 Å². The molecule has 0 saturated carbocycles. The number of nitrogens with zero attached hydrogens (tertiary/aromatic N) is 1. The second kappa shape index (κ2) is 3.77. The molecule has 0 aromatic heterocycles. The summed E-state index contributed by atoms with van der Waals surface area (Å²) < 4.78 is 1.08. The lowest BCUT2D eigenvalue weighted by Crippen LogP contribution is -2.39. The third-order valence-electron chi connectivity index (χ3n) is 3.37. The first-order chi connectivity index (χ1) is 7.75. The molecular formula is C12H13BrN2O. The fourth-order valence-electron chi connectivity index (χ4n) is 2.58. The van der Waals surface area contributed by atoms with Crippen molar-refractivity contribution in [3.8, 4) is 0 Å². The average molecular weight is 281 g/mol. The van der Waals surface area contributed by atoms with Crippen LogP contribution in [0.3, 0.4) is 0 Å². The van der Waals surface area contributed by atoms with Crippen LogP contribution in [0.25, 0.3) is 0 Å². The van der Waals surface area contributed by atoms with Crippen LogP contribution in [0, 0.1) is 0 Å². The number of nitrogens with one attached hydrogen (secondary N) is 1. The number of fused-ring (bicyclic) bond motifs is 1. The number of rotatable bonds is 1. The highest BCUT2D eigenvalue weighted by atomic mass is 79.9. The van der Waals surface area contributed by atoms with E-state index in [1.54, 1.807) is 0 Å². The number of anilines is 1. The molecule has 0 spiro atoms. The number of carbonyl (C=O) groups excluding carboxylic acids is 1. The Labute approximate surface area is 103 Å². The SMILES string of the molecule is O=C1NCC[C@@H]1N1CCc2ccc(Br)cc21. The molecule has 0 unspecified atom stereocenters. The van der Waals surface area contributed by atoms with Crippen molar-refractivity contribution in [2.24, 2.45) is 0 Å². The summed E-state index contributed by atoms with van der Waals surface area (Å²) >= 11 is 3.49. The first kappa shape index (κ1) is 10.1. The van der Waals surface area contributed by atoms with Crippen molar-refractivity contribution in [2.75, 3.05) is 18.0 Å². The Kier molecular flexibility index (Phi) is 2.39. The third kappa shape index (κ3) is 1.52. The van der Waals surface area contributed by atoms with Crippen LogP contribution in [-0.2, 0) is 11.2 Å². The maximum Gasteiger partial charge on any atom is 0.242 e. The molecule has 1 fully saturated rings. The molecule has 1 atom stereocenters. The fourth-order valence-corrected chi connectivity index (χ4v) is 2.93. The van der Waals surface area contributed by atoms with E-state index in [2.05, 4.69) is 44.3 Å². The van der Waals surface area contributed by atoms with Crippen molar-refractivity contribution in [2.45, 2.75) is 18.9 Å². The molecule has 3 nitrogen and oxygen atoms in total. The number of hydrogen-bond donors (Lipinski definition) is 1. The van der Waals surface area contributed by atoms with Crippen LogP contribution in [-0.4, -0.2) is 25.0 Å². The highest BCUT2D eigenvalue weighted by molar-refractivity contribution is 9.10. The van der Waals surface area contributed by atoms with Crippen LogP contribution in [0.15, 0.2) is 22.7 Å². The molecule has 2 aliphatic rings. The molecule has 1 amide bonds. The summed E-state index contributed by atoms with van der Waals surface area (Å²) in [5.41, 5.74) is 2.57. The number of hydrogen-bond acceptors (Lipinski definition) is 2. The first-order valence-corrected chi connectivity index (χ1v) is 6.38. The molecule has 2 aliphatic heterocycles. The zero-order valence-electron chi connectivity index (χ0n) is 8.87. The van der Waals surface area contributed by atoms with Crippen LogP contribution < -0.4 is 10.2 Å². The van der Waals surface area contributed by atoms with Crippen molar-refractivity contribution in [1.29, 1.82) is 0 Å². The third-order valence-corrected chi connectivity index (χ3v) is 3.87. The lowest BCUT2D eigenvalue weighted by atomic mass is 10.1. The van der Waals surface area contributed by atoms with Crippen LogP contribution >= 0.6 is 15.9 Å². The number of benzene rings is 1. The molecule has 1 N–H and O–H groups in total. The molecule has 16 heavy (non-hydrogen) atoms. The standard InChI is InChI=1S/C12H13BrN2O/c13-9-2-1-8-4-6-15(11(8)7-9)10-3-5-14-12(10)16/h1-2,7,10H,3-6H2,(H,14,16)/t10-/m0/s1. The first-order valence-electron chi connectivity index (χ1n) is 5.58. The predicted molar refractivity (Wildman–Crippen MR) is 66.6 cm³/mol. The van der Waals surface area contributed by atoms with Crippen molar-refractivity contribution in [3.05, 3.63) is 28.2 Å². The minimum absolute atomic E-state index is 0.0375. The van der Waals surface area contributed by atoms with Gasteiger partial charge in [-0.3, -0.25) is 4.79 Å².